The molecule has 3 saturated heterocycles. The van der Waals surface area contributed by atoms with Gasteiger partial charge in [-0.05, 0) is 48.9 Å². The molecule has 0 atom stereocenters. The van der Waals surface area contributed by atoms with Gasteiger partial charge < -0.3 is 44.6 Å². The molecule has 20 heteroatoms. The Morgan fingerprint density at radius 3 is 2.31 bits per heavy atom. The van der Waals surface area contributed by atoms with Crippen molar-refractivity contribution in [3.63, 3.8) is 0 Å². The number of amides is 3. The number of benzene rings is 2. The minimum absolute atomic E-state index is 0.0475. The predicted molar refractivity (Wildman–Crippen MR) is 219 cm³/mol. The van der Waals surface area contributed by atoms with Gasteiger partial charge in [0, 0.05) is 108 Å². The van der Waals surface area contributed by atoms with Crippen LogP contribution >= 0.6 is 0 Å². The van der Waals surface area contributed by atoms with Gasteiger partial charge in [-0.25, -0.2) is 18.9 Å². The van der Waals surface area contributed by atoms with E-state index in [1.807, 2.05) is 0 Å². The van der Waals surface area contributed by atoms with Crippen LogP contribution in [0.4, 0.5) is 28.9 Å². The standard InChI is InChI=1S/C42H50F4N10O6/c1-26-18-30(4-6-31(26)41(61)54-13-11-53(12-14-54)40(60)28-8-15-56(16-9-28,25-36(57)58)24-27-20-47-21-27)50-39(59)38-49-22-35(52(38)2)32-23-55(51-37(32)42(44,45)46)34-7-5-29(19-33(34)43)48-10-17-62-3/h4-7,18-19,22-23,27-28,47-48H,8-17,20-21,24-25H2,1-3H3,(H-,50,57,58,59,61)/p+1. The van der Waals surface area contributed by atoms with E-state index in [0.717, 1.165) is 42.8 Å². The van der Waals surface area contributed by atoms with Crippen molar-refractivity contribution in [3.8, 4) is 16.9 Å². The lowest BCUT2D eigenvalue weighted by Gasteiger charge is -2.46. The number of rotatable bonds is 14. The number of piperidine rings is 1. The van der Waals surface area contributed by atoms with E-state index in [9.17, 15) is 37.5 Å². The smallest absolute Gasteiger partial charge is 0.435 e. The lowest BCUT2D eigenvalue weighted by atomic mass is 9.90. The van der Waals surface area contributed by atoms with Gasteiger partial charge in [0.2, 0.25) is 5.91 Å². The quantitative estimate of drug-likeness (QED) is 0.0828. The second-order valence-electron chi connectivity index (χ2n) is 16.4. The second kappa shape index (κ2) is 18.2. The van der Waals surface area contributed by atoms with E-state index < -0.39 is 35.1 Å². The van der Waals surface area contributed by atoms with Crippen LogP contribution in [0.3, 0.4) is 0 Å². The Labute approximate surface area is 355 Å². The number of aryl methyl sites for hydroxylation is 1. The molecule has 332 valence electrons. The zero-order chi connectivity index (χ0) is 44.3. The summed E-state index contributed by atoms with van der Waals surface area (Å²) in [7, 11) is 2.90. The largest absolute Gasteiger partial charge is 0.477 e. The predicted octanol–water partition coefficient (Wildman–Crippen LogP) is 3.86. The van der Waals surface area contributed by atoms with Gasteiger partial charge in [-0.3, -0.25) is 14.4 Å². The molecule has 2 aromatic carbocycles. The number of carboxylic acids is 1. The minimum Gasteiger partial charge on any atom is -0.477 e. The highest BCUT2D eigenvalue weighted by Gasteiger charge is 2.43. The fraction of sp³-hybridized carbons (Fsp3) is 0.476. The van der Waals surface area contributed by atoms with Crippen LogP contribution < -0.4 is 16.0 Å². The number of carbonyl (C=O) groups excluding carboxylic acids is 3. The molecule has 3 aliphatic heterocycles. The Bertz CT molecular complexity index is 2310. The molecule has 0 radical (unpaired) electrons. The van der Waals surface area contributed by atoms with E-state index in [1.165, 1.54) is 30.9 Å². The number of nitrogens with zero attached hydrogens (tertiary/aromatic N) is 7. The summed E-state index contributed by atoms with van der Waals surface area (Å²) >= 11 is 0. The molecule has 4 aromatic rings. The molecule has 3 fully saturated rings. The van der Waals surface area contributed by atoms with Crippen molar-refractivity contribution < 1.29 is 51.1 Å². The summed E-state index contributed by atoms with van der Waals surface area (Å²) in [5.74, 6) is -2.46. The highest BCUT2D eigenvalue weighted by Crippen LogP contribution is 2.37. The number of ether oxygens (including phenoxy) is 1. The van der Waals surface area contributed by atoms with Gasteiger partial charge >= 0.3 is 12.1 Å². The van der Waals surface area contributed by atoms with E-state index in [4.69, 9.17) is 4.74 Å². The number of halogens is 4. The topological polar surface area (TPSA) is 176 Å². The molecule has 7 rings (SSSR count). The molecule has 16 nitrogen and oxygen atoms in total. The van der Waals surface area contributed by atoms with Crippen LogP contribution in [0.25, 0.3) is 16.9 Å². The van der Waals surface area contributed by atoms with E-state index >= 15 is 4.39 Å². The number of aliphatic carboxylic acids is 1. The fourth-order valence-corrected chi connectivity index (χ4v) is 8.67. The van der Waals surface area contributed by atoms with Gasteiger partial charge in [-0.2, -0.15) is 18.3 Å². The lowest BCUT2D eigenvalue weighted by molar-refractivity contribution is -0.929. The van der Waals surface area contributed by atoms with Crippen LogP contribution in [0, 0.1) is 24.6 Å². The zero-order valence-corrected chi connectivity index (χ0v) is 34.8. The molecule has 0 bridgehead atoms. The first-order valence-corrected chi connectivity index (χ1v) is 20.5. The first kappa shape index (κ1) is 44.2. The molecule has 3 aliphatic rings. The van der Waals surface area contributed by atoms with Gasteiger partial charge in [-0.1, -0.05) is 0 Å². The average Bonchev–Trinajstić information content (AvgIpc) is 3.83. The number of quaternary nitrogens is 1. The number of piperazine rings is 1. The number of alkyl halides is 3. The lowest BCUT2D eigenvalue weighted by Crippen LogP contribution is -2.62. The maximum Gasteiger partial charge on any atom is 0.435 e. The van der Waals surface area contributed by atoms with Crippen LogP contribution in [0.5, 0.6) is 0 Å². The summed E-state index contributed by atoms with van der Waals surface area (Å²) in [5, 5.41) is 22.2. The van der Waals surface area contributed by atoms with Gasteiger partial charge in [0.15, 0.2) is 23.9 Å². The number of aromatic nitrogens is 4. The summed E-state index contributed by atoms with van der Waals surface area (Å²) in [6.45, 7) is 7.89. The summed E-state index contributed by atoms with van der Waals surface area (Å²) < 4.78 is 65.4. The molecule has 4 N–H and O–H groups in total. The van der Waals surface area contributed by atoms with Crippen molar-refractivity contribution in [3.05, 3.63) is 77.3 Å². The van der Waals surface area contributed by atoms with Crippen LogP contribution in [0.15, 0.2) is 48.8 Å². The number of hydrogen-bond acceptors (Lipinski definition) is 9. The molecule has 0 saturated carbocycles. The number of likely N-dealkylation sites (tertiary alicyclic amines) is 1. The molecule has 62 heavy (non-hydrogen) atoms. The van der Waals surface area contributed by atoms with Gasteiger partial charge in [0.1, 0.15) is 5.69 Å². The first-order valence-electron chi connectivity index (χ1n) is 20.5. The molecule has 2 aromatic heterocycles. The maximum absolute atomic E-state index is 15.1. The Kier molecular flexibility index (Phi) is 13.0. The summed E-state index contributed by atoms with van der Waals surface area (Å²) in [6.07, 6.45) is -1.51. The van der Waals surface area contributed by atoms with E-state index in [1.54, 1.807) is 34.9 Å². The second-order valence-corrected chi connectivity index (χ2v) is 16.4. The van der Waals surface area contributed by atoms with Crippen LogP contribution in [-0.2, 0) is 27.5 Å². The van der Waals surface area contributed by atoms with Crippen molar-refractivity contribution in [2.75, 3.05) is 96.3 Å². The number of anilines is 2. The zero-order valence-electron chi connectivity index (χ0n) is 34.8. The van der Waals surface area contributed by atoms with Crippen LogP contribution in [0.1, 0.15) is 45.1 Å². The molecule has 0 unspecified atom stereocenters. The van der Waals surface area contributed by atoms with Crippen molar-refractivity contribution in [1.29, 1.82) is 0 Å². The Morgan fingerprint density at radius 1 is 1.00 bits per heavy atom. The maximum atomic E-state index is 15.1. The Morgan fingerprint density at radius 2 is 1.69 bits per heavy atom. The van der Waals surface area contributed by atoms with Gasteiger partial charge in [0.05, 0.1) is 43.7 Å². The minimum atomic E-state index is -4.92. The Balaban J connectivity index is 0.961. The summed E-state index contributed by atoms with van der Waals surface area (Å²) in [4.78, 5) is 59.9. The molecule has 5 heterocycles. The first-order chi connectivity index (χ1) is 29.6. The van der Waals surface area contributed by atoms with Crippen molar-refractivity contribution in [2.24, 2.45) is 18.9 Å². The molecule has 3 amide bonds. The van der Waals surface area contributed by atoms with Crippen LogP contribution in [-0.4, -0.2) is 148 Å². The third-order valence-electron chi connectivity index (χ3n) is 12.1. The van der Waals surface area contributed by atoms with Crippen molar-refractivity contribution in [2.45, 2.75) is 25.9 Å². The van der Waals surface area contributed by atoms with Crippen LogP contribution in [0.2, 0.25) is 0 Å². The SMILES string of the molecule is COCCNc1ccc(-n2cc(-c3cnc(C(=O)Nc4ccc(C(=O)N5CCN(C(=O)C6CC[N+](CC(=O)O)(CC7CNC7)CC6)CC5)c(C)c4)n3C)c(C(F)(F)F)n2)c(F)c1. The number of carbonyl (C=O) groups is 4. The third kappa shape index (κ3) is 9.61. The number of nitrogens with one attached hydrogen (secondary N) is 3. The number of carboxylic acid groups (broad SMARTS) is 1. The van der Waals surface area contributed by atoms with Gasteiger partial charge in [0.25, 0.3) is 11.8 Å². The van der Waals surface area contributed by atoms with E-state index in [-0.39, 0.29) is 41.5 Å². The average molecular weight is 868 g/mol. The normalized spacial score (nSPS) is 19.6. The monoisotopic (exact) mass is 867 g/mol. The number of methoxy groups -OCH3 is 1. The molecule has 0 spiro atoms. The third-order valence-corrected chi connectivity index (χ3v) is 12.1. The summed E-state index contributed by atoms with van der Waals surface area (Å²) in [6, 6.07) is 8.70. The highest BCUT2D eigenvalue weighted by atomic mass is 19.4. The van der Waals surface area contributed by atoms with Gasteiger partial charge in [-0.15, -0.1) is 0 Å². The molecular weight excluding hydrogens is 817 g/mol. The highest BCUT2D eigenvalue weighted by molar-refractivity contribution is 6.03. The molecule has 0 aliphatic carbocycles. The van der Waals surface area contributed by atoms with E-state index in [2.05, 4.69) is 26.0 Å². The Hall–Kier alpha value is -5.86. The number of hydrogen-bond donors (Lipinski definition) is 4. The number of imidazole rings is 1. The van der Waals surface area contributed by atoms with E-state index in [0.29, 0.717) is 98.2 Å². The van der Waals surface area contributed by atoms with Crippen molar-refractivity contribution >= 4 is 35.1 Å². The summed E-state index contributed by atoms with van der Waals surface area (Å²) in [5.41, 5.74) is -0.294. The molecular formula is C42H51F4N10O6+. The van der Waals surface area contributed by atoms with Crippen molar-refractivity contribution in [1.82, 2.24) is 34.4 Å². The fourth-order valence-electron chi connectivity index (χ4n) is 8.67.